The molecule has 170 valence electrons. The lowest BCUT2D eigenvalue weighted by Gasteiger charge is -2.23. The third-order valence-electron chi connectivity index (χ3n) is 8.27. The lowest BCUT2D eigenvalue weighted by Crippen LogP contribution is -2.07. The van der Waals surface area contributed by atoms with E-state index in [1.54, 1.807) is 16.7 Å². The largest absolute Gasteiger partial charge is 0.0952 e. The molecule has 0 nitrogen and oxygen atoms in total. The van der Waals surface area contributed by atoms with Crippen LogP contribution in [-0.2, 0) is 6.42 Å². The lowest BCUT2D eigenvalue weighted by molar-refractivity contribution is 0.533. The van der Waals surface area contributed by atoms with Crippen molar-refractivity contribution in [1.82, 2.24) is 0 Å². The first-order valence-corrected chi connectivity index (χ1v) is 13.0. The van der Waals surface area contributed by atoms with E-state index < -0.39 is 0 Å². The molecule has 0 N–H and O–H groups in total. The molecule has 2 aromatic rings. The van der Waals surface area contributed by atoms with Gasteiger partial charge in [-0.15, -0.1) is 0 Å². The smallest absolute Gasteiger partial charge is 0.00300 e. The quantitative estimate of drug-likeness (QED) is 0.439. The van der Waals surface area contributed by atoms with Crippen LogP contribution >= 0.6 is 0 Å². The monoisotopic (exact) mass is 434 g/mol. The molecular formula is C33H38. The Kier molecular flexibility index (Phi) is 6.28. The summed E-state index contributed by atoms with van der Waals surface area (Å²) in [7, 11) is 0. The van der Waals surface area contributed by atoms with Crippen molar-refractivity contribution in [3.63, 3.8) is 0 Å². The fraction of sp³-hybridized carbons (Fsp3) is 0.394. The number of allylic oxidation sites excluding steroid dienone is 7. The van der Waals surface area contributed by atoms with Crippen molar-refractivity contribution in [2.75, 3.05) is 0 Å². The van der Waals surface area contributed by atoms with Gasteiger partial charge in [-0.2, -0.15) is 0 Å². The van der Waals surface area contributed by atoms with Gasteiger partial charge in [-0.05, 0) is 114 Å². The predicted octanol–water partition coefficient (Wildman–Crippen LogP) is 9.39. The maximum absolute atomic E-state index is 4.28. The first-order chi connectivity index (χ1) is 16.0. The minimum absolute atomic E-state index is 0.563. The summed E-state index contributed by atoms with van der Waals surface area (Å²) in [6.07, 6.45) is 15.7. The first kappa shape index (κ1) is 22.2. The van der Waals surface area contributed by atoms with Crippen molar-refractivity contribution >= 4 is 16.7 Å². The van der Waals surface area contributed by atoms with Gasteiger partial charge >= 0.3 is 0 Å². The van der Waals surface area contributed by atoms with Crippen molar-refractivity contribution in [3.8, 4) is 0 Å². The van der Waals surface area contributed by atoms with Crippen LogP contribution in [0.4, 0.5) is 0 Å². The summed E-state index contributed by atoms with van der Waals surface area (Å²) in [4.78, 5) is 0. The normalized spacial score (nSPS) is 24.2. The Morgan fingerprint density at radius 2 is 1.94 bits per heavy atom. The average molecular weight is 435 g/mol. The third-order valence-corrected chi connectivity index (χ3v) is 8.27. The van der Waals surface area contributed by atoms with Crippen molar-refractivity contribution in [2.24, 2.45) is 11.8 Å². The van der Waals surface area contributed by atoms with Gasteiger partial charge in [-0.3, -0.25) is 0 Å². The second-order valence-corrected chi connectivity index (χ2v) is 10.6. The molecule has 0 saturated carbocycles. The standard InChI is InChI=1S/C33H38/c1-5-23(3)28-8-6-7-25(19-28)20-30-16-15-27-14-11-24(4)33(27)31-18-17-29(21-32(30)31)26-12-9-22(2)10-13-26/h6-8,11-12,14,17-19,21-22,27,30H,3,5,9-10,13,15-16,20H2,1-2,4H3. The summed E-state index contributed by atoms with van der Waals surface area (Å²) in [6, 6.07) is 16.6. The Morgan fingerprint density at radius 1 is 1.06 bits per heavy atom. The van der Waals surface area contributed by atoms with Crippen LogP contribution in [0.15, 0.2) is 72.8 Å². The minimum atomic E-state index is 0.563. The zero-order valence-corrected chi connectivity index (χ0v) is 20.7. The van der Waals surface area contributed by atoms with Gasteiger partial charge in [0.15, 0.2) is 0 Å². The Hall–Kier alpha value is -2.60. The predicted molar refractivity (Wildman–Crippen MR) is 144 cm³/mol. The molecule has 3 aliphatic rings. The Bertz CT molecular complexity index is 1150. The highest BCUT2D eigenvalue weighted by Gasteiger charge is 2.30. The summed E-state index contributed by atoms with van der Waals surface area (Å²) < 4.78 is 0. The average Bonchev–Trinajstić information content (AvgIpc) is 3.13. The van der Waals surface area contributed by atoms with Gasteiger partial charge in [0.05, 0.1) is 0 Å². The number of benzene rings is 2. The molecule has 5 rings (SSSR count). The van der Waals surface area contributed by atoms with E-state index in [-0.39, 0.29) is 0 Å². The van der Waals surface area contributed by atoms with Crippen molar-refractivity contribution in [2.45, 2.75) is 71.6 Å². The minimum Gasteiger partial charge on any atom is -0.0952 e. The molecule has 0 aliphatic heterocycles. The zero-order valence-electron chi connectivity index (χ0n) is 20.7. The second-order valence-electron chi connectivity index (χ2n) is 10.6. The molecule has 0 fully saturated rings. The highest BCUT2D eigenvalue weighted by Crippen LogP contribution is 2.46. The number of hydrogen-bond donors (Lipinski definition) is 0. The van der Waals surface area contributed by atoms with E-state index in [2.05, 4.69) is 88.0 Å². The maximum Gasteiger partial charge on any atom is 0.00300 e. The summed E-state index contributed by atoms with van der Waals surface area (Å²) in [5.41, 5.74) is 13.1. The Morgan fingerprint density at radius 3 is 2.73 bits per heavy atom. The van der Waals surface area contributed by atoms with Crippen LogP contribution in [0.2, 0.25) is 0 Å². The first-order valence-electron chi connectivity index (χ1n) is 13.0. The van der Waals surface area contributed by atoms with E-state index in [9.17, 15) is 0 Å². The van der Waals surface area contributed by atoms with Crippen LogP contribution in [0, 0.1) is 11.8 Å². The molecule has 0 aromatic heterocycles. The SMILES string of the molecule is C=C(CC)c1cccc(CC2CCC3C=CC(C)=C3c3ccc(C4=CCC(C)CC4)cc32)c1. The van der Waals surface area contributed by atoms with E-state index in [0.717, 1.165) is 18.8 Å². The van der Waals surface area contributed by atoms with Crippen LogP contribution in [0.5, 0.6) is 0 Å². The van der Waals surface area contributed by atoms with Gasteiger partial charge in [-0.1, -0.05) is 81.1 Å². The molecule has 0 bridgehead atoms. The third kappa shape index (κ3) is 4.45. The van der Waals surface area contributed by atoms with E-state index >= 15 is 0 Å². The molecule has 0 heterocycles. The number of fused-ring (bicyclic) bond motifs is 3. The molecule has 3 atom stereocenters. The highest BCUT2D eigenvalue weighted by atomic mass is 14.3. The van der Waals surface area contributed by atoms with E-state index in [1.165, 1.54) is 65.5 Å². The molecule has 3 aliphatic carbocycles. The van der Waals surface area contributed by atoms with Gasteiger partial charge in [0, 0.05) is 5.92 Å². The molecule has 0 amide bonds. The zero-order chi connectivity index (χ0) is 22.9. The van der Waals surface area contributed by atoms with E-state index in [4.69, 9.17) is 0 Å². The Balaban J connectivity index is 1.54. The van der Waals surface area contributed by atoms with Crippen molar-refractivity contribution in [3.05, 3.63) is 101 Å². The summed E-state index contributed by atoms with van der Waals surface area (Å²) in [6.45, 7) is 11.2. The number of hydrogen-bond acceptors (Lipinski definition) is 0. The fourth-order valence-corrected chi connectivity index (χ4v) is 6.12. The number of rotatable bonds is 5. The van der Waals surface area contributed by atoms with Crippen molar-refractivity contribution < 1.29 is 0 Å². The van der Waals surface area contributed by atoms with E-state index in [1.807, 2.05) is 0 Å². The van der Waals surface area contributed by atoms with Crippen LogP contribution in [0.25, 0.3) is 16.7 Å². The summed E-state index contributed by atoms with van der Waals surface area (Å²) >= 11 is 0. The highest BCUT2D eigenvalue weighted by molar-refractivity contribution is 5.81. The molecule has 0 heteroatoms. The van der Waals surface area contributed by atoms with Gasteiger partial charge in [-0.25, -0.2) is 0 Å². The van der Waals surface area contributed by atoms with Crippen LogP contribution in [-0.4, -0.2) is 0 Å². The van der Waals surface area contributed by atoms with Gasteiger partial charge in [0.25, 0.3) is 0 Å². The van der Waals surface area contributed by atoms with Gasteiger partial charge < -0.3 is 0 Å². The molecule has 3 unspecified atom stereocenters. The molecule has 0 radical (unpaired) electrons. The Labute approximate surface area is 200 Å². The fourth-order valence-electron chi connectivity index (χ4n) is 6.12. The van der Waals surface area contributed by atoms with E-state index in [0.29, 0.717) is 11.8 Å². The molecule has 2 aromatic carbocycles. The summed E-state index contributed by atoms with van der Waals surface area (Å²) in [5, 5.41) is 0. The topological polar surface area (TPSA) is 0 Å². The molecule has 0 spiro atoms. The summed E-state index contributed by atoms with van der Waals surface area (Å²) in [5.74, 6) is 1.97. The maximum atomic E-state index is 4.28. The molecular weight excluding hydrogens is 396 g/mol. The molecule has 0 saturated heterocycles. The lowest BCUT2D eigenvalue weighted by atomic mass is 9.82. The van der Waals surface area contributed by atoms with Crippen LogP contribution < -0.4 is 0 Å². The van der Waals surface area contributed by atoms with Gasteiger partial charge in [0.1, 0.15) is 0 Å². The van der Waals surface area contributed by atoms with Crippen molar-refractivity contribution in [1.29, 1.82) is 0 Å². The van der Waals surface area contributed by atoms with Crippen LogP contribution in [0.1, 0.15) is 93.0 Å². The van der Waals surface area contributed by atoms with Crippen LogP contribution in [0.3, 0.4) is 0 Å². The molecule has 33 heavy (non-hydrogen) atoms. The van der Waals surface area contributed by atoms with Gasteiger partial charge in [0.2, 0.25) is 0 Å². The second kappa shape index (κ2) is 9.34.